The van der Waals surface area contributed by atoms with Gasteiger partial charge in [-0.15, -0.1) is 0 Å². The lowest BCUT2D eigenvalue weighted by molar-refractivity contribution is 0.269. The monoisotopic (exact) mass is 298 g/mol. The zero-order valence-electron chi connectivity index (χ0n) is 12.6. The molecule has 0 radical (unpaired) electrons. The molecule has 22 heavy (non-hydrogen) atoms. The number of hydrogen-bond donors (Lipinski definition) is 2. The van der Waals surface area contributed by atoms with Gasteiger partial charge in [0.15, 0.2) is 0 Å². The van der Waals surface area contributed by atoms with Crippen LogP contribution in [0, 0.1) is 0 Å². The fourth-order valence-corrected chi connectivity index (χ4v) is 3.14. The van der Waals surface area contributed by atoms with E-state index in [1.807, 2.05) is 18.2 Å². The molecule has 0 bridgehead atoms. The molecule has 1 aliphatic rings. The molecule has 3 rings (SSSR count). The Kier molecular flexibility index (Phi) is 4.49. The van der Waals surface area contributed by atoms with Crippen molar-refractivity contribution in [1.29, 1.82) is 0 Å². The molecule has 1 saturated heterocycles. The lowest BCUT2D eigenvalue weighted by Gasteiger charge is -2.43. The third-order valence-corrected chi connectivity index (χ3v) is 4.23. The van der Waals surface area contributed by atoms with Gasteiger partial charge in [0.25, 0.3) is 0 Å². The van der Waals surface area contributed by atoms with Crippen molar-refractivity contribution in [3.05, 3.63) is 54.6 Å². The summed E-state index contributed by atoms with van der Waals surface area (Å²) in [6, 6.07) is 18.0. The van der Waals surface area contributed by atoms with E-state index in [0.29, 0.717) is 0 Å². The van der Waals surface area contributed by atoms with E-state index in [1.165, 1.54) is 5.69 Å². The molecule has 1 atom stereocenters. The van der Waals surface area contributed by atoms with Gasteiger partial charge in [0.05, 0.1) is 0 Å². The minimum atomic E-state index is 0.169. The maximum Gasteiger partial charge on any atom is 0.117 e. The van der Waals surface area contributed by atoms with Crippen LogP contribution in [0.25, 0.3) is 0 Å². The van der Waals surface area contributed by atoms with E-state index >= 15 is 0 Å². The Balaban J connectivity index is 1.79. The molecule has 1 heterocycles. The maximum absolute atomic E-state index is 9.70. The van der Waals surface area contributed by atoms with E-state index in [0.717, 1.165) is 31.7 Å². The van der Waals surface area contributed by atoms with Gasteiger partial charge in [-0.3, -0.25) is 0 Å². The molecule has 1 unspecified atom stereocenters. The summed E-state index contributed by atoms with van der Waals surface area (Å²) in [6.07, 6.45) is 0.721. The number of nitrogens with zero attached hydrogens (tertiary/aromatic N) is 2. The van der Waals surface area contributed by atoms with Crippen molar-refractivity contribution in [3.8, 4) is 5.75 Å². The normalized spacial score (nSPS) is 18.5. The summed E-state index contributed by atoms with van der Waals surface area (Å²) in [7, 11) is 0. The highest BCUT2D eigenvalue weighted by molar-refractivity contribution is 5.54. The molecule has 0 spiro atoms. The summed E-state index contributed by atoms with van der Waals surface area (Å²) >= 11 is 0. The number of aliphatic hydroxyl groups excluding tert-OH is 1. The fourth-order valence-electron chi connectivity index (χ4n) is 3.14. The lowest BCUT2D eigenvalue weighted by Crippen LogP contribution is -2.53. The van der Waals surface area contributed by atoms with Crippen LogP contribution in [0.5, 0.6) is 5.75 Å². The molecule has 0 aromatic heterocycles. The zero-order valence-corrected chi connectivity index (χ0v) is 12.6. The van der Waals surface area contributed by atoms with Crippen LogP contribution < -0.4 is 9.80 Å². The molecule has 116 valence electrons. The van der Waals surface area contributed by atoms with Gasteiger partial charge in [0.2, 0.25) is 0 Å². The number of para-hydroxylation sites is 1. The van der Waals surface area contributed by atoms with E-state index in [1.54, 1.807) is 12.1 Å². The topological polar surface area (TPSA) is 46.9 Å². The molecule has 1 aliphatic heterocycles. The third kappa shape index (κ3) is 3.17. The Morgan fingerprint density at radius 3 is 2.45 bits per heavy atom. The second-order valence-corrected chi connectivity index (χ2v) is 5.66. The van der Waals surface area contributed by atoms with Crippen LogP contribution in [0.2, 0.25) is 0 Å². The predicted molar refractivity (Wildman–Crippen MR) is 89.6 cm³/mol. The Bertz CT molecular complexity index is 603. The Hall–Kier alpha value is -2.20. The molecule has 4 heteroatoms. The van der Waals surface area contributed by atoms with E-state index in [-0.39, 0.29) is 18.4 Å². The van der Waals surface area contributed by atoms with Crippen molar-refractivity contribution in [3.63, 3.8) is 0 Å². The number of benzene rings is 2. The molecule has 0 aliphatic carbocycles. The Morgan fingerprint density at radius 2 is 1.73 bits per heavy atom. The van der Waals surface area contributed by atoms with E-state index in [4.69, 9.17) is 0 Å². The number of piperazine rings is 1. The Morgan fingerprint density at radius 1 is 0.955 bits per heavy atom. The summed E-state index contributed by atoms with van der Waals surface area (Å²) in [5, 5.41) is 19.1. The first-order chi connectivity index (χ1) is 10.8. The summed E-state index contributed by atoms with van der Waals surface area (Å²) < 4.78 is 0. The average molecular weight is 298 g/mol. The zero-order chi connectivity index (χ0) is 15.4. The summed E-state index contributed by atoms with van der Waals surface area (Å²) in [5.41, 5.74) is 2.24. The molecule has 1 fully saturated rings. The maximum atomic E-state index is 9.70. The lowest BCUT2D eigenvalue weighted by atomic mass is 10.1. The van der Waals surface area contributed by atoms with Gasteiger partial charge in [-0.1, -0.05) is 24.3 Å². The second-order valence-electron chi connectivity index (χ2n) is 5.66. The van der Waals surface area contributed by atoms with Gasteiger partial charge in [-0.05, 0) is 30.7 Å². The van der Waals surface area contributed by atoms with E-state index in [2.05, 4.69) is 34.1 Å². The summed E-state index contributed by atoms with van der Waals surface area (Å²) in [4.78, 5) is 4.65. The van der Waals surface area contributed by atoms with Crippen molar-refractivity contribution in [2.75, 3.05) is 36.0 Å². The van der Waals surface area contributed by atoms with Crippen LogP contribution in [-0.4, -0.2) is 42.5 Å². The van der Waals surface area contributed by atoms with Crippen LogP contribution in [0.3, 0.4) is 0 Å². The highest BCUT2D eigenvalue weighted by atomic mass is 16.3. The van der Waals surface area contributed by atoms with Crippen molar-refractivity contribution in [1.82, 2.24) is 0 Å². The molecule has 2 aromatic carbocycles. The first kappa shape index (κ1) is 14.7. The number of aliphatic hydroxyl groups is 1. The number of anilines is 2. The highest BCUT2D eigenvalue weighted by Crippen LogP contribution is 2.27. The van der Waals surface area contributed by atoms with E-state index in [9.17, 15) is 10.2 Å². The van der Waals surface area contributed by atoms with E-state index < -0.39 is 0 Å². The smallest absolute Gasteiger partial charge is 0.117 e. The fraction of sp³-hybridized carbons (Fsp3) is 0.333. The minimum absolute atomic E-state index is 0.169. The van der Waals surface area contributed by atoms with Crippen molar-refractivity contribution in [2.24, 2.45) is 0 Å². The molecule has 0 saturated carbocycles. The van der Waals surface area contributed by atoms with Crippen LogP contribution in [-0.2, 0) is 0 Å². The minimum Gasteiger partial charge on any atom is -0.508 e. The van der Waals surface area contributed by atoms with Crippen LogP contribution in [0.4, 0.5) is 11.4 Å². The number of rotatable bonds is 4. The SMILES string of the molecule is OCCC1CN(c2ccccc2)CCN1c1cccc(O)c1. The van der Waals surface area contributed by atoms with Gasteiger partial charge in [0.1, 0.15) is 5.75 Å². The molecule has 0 amide bonds. The van der Waals surface area contributed by atoms with Crippen molar-refractivity contribution >= 4 is 11.4 Å². The number of aromatic hydroxyl groups is 1. The quantitative estimate of drug-likeness (QED) is 0.910. The highest BCUT2D eigenvalue weighted by Gasteiger charge is 2.27. The molecule has 4 nitrogen and oxygen atoms in total. The van der Waals surface area contributed by atoms with Crippen LogP contribution in [0.1, 0.15) is 6.42 Å². The number of hydrogen-bond acceptors (Lipinski definition) is 4. The van der Waals surface area contributed by atoms with Gasteiger partial charge in [-0.2, -0.15) is 0 Å². The molecular weight excluding hydrogens is 276 g/mol. The molecule has 2 N–H and O–H groups in total. The molecule has 2 aromatic rings. The van der Waals surface area contributed by atoms with Gasteiger partial charge < -0.3 is 20.0 Å². The molecular formula is C18H22N2O2. The first-order valence-corrected chi connectivity index (χ1v) is 7.74. The van der Waals surface area contributed by atoms with Gasteiger partial charge in [-0.25, -0.2) is 0 Å². The van der Waals surface area contributed by atoms with Crippen LogP contribution >= 0.6 is 0 Å². The first-order valence-electron chi connectivity index (χ1n) is 7.74. The van der Waals surface area contributed by atoms with Crippen LogP contribution in [0.15, 0.2) is 54.6 Å². The second kappa shape index (κ2) is 6.71. The van der Waals surface area contributed by atoms with Gasteiger partial charge in [0, 0.05) is 49.7 Å². The Labute approximate surface area is 131 Å². The standard InChI is InChI=1S/C18H22N2O2/c21-12-9-17-14-19(15-5-2-1-3-6-15)10-11-20(17)16-7-4-8-18(22)13-16/h1-8,13,17,21-22H,9-12,14H2. The summed E-state index contributed by atoms with van der Waals surface area (Å²) in [5.74, 6) is 0.283. The van der Waals surface area contributed by atoms with Crippen molar-refractivity contribution in [2.45, 2.75) is 12.5 Å². The largest absolute Gasteiger partial charge is 0.508 e. The predicted octanol–water partition coefficient (Wildman–Crippen LogP) is 2.47. The number of phenols is 1. The summed E-state index contributed by atoms with van der Waals surface area (Å²) in [6.45, 7) is 2.85. The van der Waals surface area contributed by atoms with Gasteiger partial charge >= 0.3 is 0 Å². The third-order valence-electron chi connectivity index (χ3n) is 4.23. The number of phenolic OH excluding ortho intramolecular Hbond substituents is 1. The average Bonchev–Trinajstić information content (AvgIpc) is 2.56. The van der Waals surface area contributed by atoms with Crippen molar-refractivity contribution < 1.29 is 10.2 Å².